The van der Waals surface area contributed by atoms with E-state index in [1.54, 1.807) is 14.2 Å². The van der Waals surface area contributed by atoms with E-state index in [0.717, 1.165) is 31.8 Å². The first kappa shape index (κ1) is 23.5. The van der Waals surface area contributed by atoms with Gasteiger partial charge in [-0.05, 0) is 51.9 Å². The monoisotopic (exact) mass is 451 g/mol. The number of hydrogen-bond acceptors (Lipinski definition) is 7. The van der Waals surface area contributed by atoms with Gasteiger partial charge >= 0.3 is 0 Å². The fourth-order valence-electron chi connectivity index (χ4n) is 3.88. The Kier molecular flexibility index (Phi) is 8.71. The number of amides is 1. The summed E-state index contributed by atoms with van der Waals surface area (Å²) in [7, 11) is 1.87. The fourth-order valence-corrected chi connectivity index (χ4v) is 4.95. The molecule has 0 aromatic carbocycles. The van der Waals surface area contributed by atoms with Gasteiger partial charge in [-0.2, -0.15) is 0 Å². The average Bonchev–Trinajstić information content (AvgIpc) is 3.40. The van der Waals surface area contributed by atoms with Gasteiger partial charge in [0, 0.05) is 23.8 Å². The van der Waals surface area contributed by atoms with E-state index in [1.807, 2.05) is 19.1 Å². The summed E-state index contributed by atoms with van der Waals surface area (Å²) in [6, 6.07) is 0. The summed E-state index contributed by atoms with van der Waals surface area (Å²) in [5.74, 6) is 2.52. The van der Waals surface area contributed by atoms with E-state index in [2.05, 4.69) is 15.2 Å². The molecule has 1 aromatic heterocycles. The minimum absolute atomic E-state index is 0.0254. The molecule has 1 amide bonds. The highest BCUT2D eigenvalue weighted by Crippen LogP contribution is 2.32. The van der Waals surface area contributed by atoms with Gasteiger partial charge in [0.1, 0.15) is 17.3 Å². The number of rotatable bonds is 11. The number of oxazole rings is 1. The van der Waals surface area contributed by atoms with Crippen LogP contribution < -0.4 is 5.32 Å². The number of likely N-dealkylation sites (tertiary alicyclic amines) is 1. The molecule has 2 unspecified atom stereocenters. The van der Waals surface area contributed by atoms with Gasteiger partial charge in [-0.1, -0.05) is 6.08 Å². The smallest absolute Gasteiger partial charge is 0.232 e. The number of carbonyl (C=O) groups is 1. The largest absolute Gasteiger partial charge is 0.497 e. The van der Waals surface area contributed by atoms with Crippen LogP contribution in [0.25, 0.3) is 0 Å². The number of ether oxygens (including phenoxy) is 2. The van der Waals surface area contributed by atoms with Crippen molar-refractivity contribution in [2.45, 2.75) is 44.3 Å². The van der Waals surface area contributed by atoms with Crippen LogP contribution in [0.5, 0.6) is 0 Å². The Morgan fingerprint density at radius 2 is 2.10 bits per heavy atom. The van der Waals surface area contributed by atoms with Crippen LogP contribution in [0.4, 0.5) is 0 Å². The quantitative estimate of drug-likeness (QED) is 0.516. The van der Waals surface area contributed by atoms with Gasteiger partial charge < -0.3 is 24.1 Å². The summed E-state index contributed by atoms with van der Waals surface area (Å²) in [6.07, 6.45) is 7.84. The van der Waals surface area contributed by atoms with Crippen molar-refractivity contribution in [2.24, 2.45) is 0 Å². The van der Waals surface area contributed by atoms with Gasteiger partial charge in [-0.15, -0.1) is 0 Å². The minimum Gasteiger partial charge on any atom is -0.497 e. The van der Waals surface area contributed by atoms with Crippen molar-refractivity contribution in [1.29, 1.82) is 0 Å². The van der Waals surface area contributed by atoms with Crippen LogP contribution in [0.2, 0.25) is 0 Å². The van der Waals surface area contributed by atoms with E-state index >= 15 is 0 Å². The third-order valence-electron chi connectivity index (χ3n) is 5.61. The Hall–Kier alpha value is -2.13. The minimum atomic E-state index is -1.34. The number of nitrogens with one attached hydrogen (secondary N) is 1. The summed E-state index contributed by atoms with van der Waals surface area (Å²) in [5, 5.41) is 2.87. The molecule has 2 heterocycles. The Bertz CT molecular complexity index is 842. The highest BCUT2D eigenvalue weighted by atomic mass is 32.2. The highest BCUT2D eigenvalue weighted by Gasteiger charge is 2.25. The lowest BCUT2D eigenvalue weighted by Crippen LogP contribution is -2.31. The lowest BCUT2D eigenvalue weighted by atomic mass is 9.98. The summed E-state index contributed by atoms with van der Waals surface area (Å²) in [6.45, 7) is 5.74. The Labute approximate surface area is 186 Å². The first-order chi connectivity index (χ1) is 15.0. The molecule has 1 saturated heterocycles. The molecule has 0 spiro atoms. The zero-order chi connectivity index (χ0) is 22.2. The van der Waals surface area contributed by atoms with Crippen molar-refractivity contribution in [2.75, 3.05) is 46.2 Å². The highest BCUT2D eigenvalue weighted by molar-refractivity contribution is 7.84. The number of aryl methyl sites for hydroxylation is 1. The first-order valence-electron chi connectivity index (χ1n) is 10.8. The molecule has 8 nitrogen and oxygen atoms in total. The maximum Gasteiger partial charge on any atom is 0.232 e. The molecule has 1 N–H and O–H groups in total. The maximum absolute atomic E-state index is 12.5. The molecule has 1 aliphatic carbocycles. The van der Waals surface area contributed by atoms with E-state index in [4.69, 9.17) is 13.9 Å². The van der Waals surface area contributed by atoms with Crippen molar-refractivity contribution in [3.63, 3.8) is 0 Å². The van der Waals surface area contributed by atoms with E-state index in [9.17, 15) is 9.00 Å². The second-order valence-electron chi connectivity index (χ2n) is 7.90. The number of methoxy groups -OCH3 is 2. The number of aromatic nitrogens is 1. The number of carbonyl (C=O) groups excluding carboxylic acids is 1. The van der Waals surface area contributed by atoms with Crippen LogP contribution in [0.15, 0.2) is 28.1 Å². The maximum atomic E-state index is 12.5. The third kappa shape index (κ3) is 6.67. The molecule has 9 heteroatoms. The lowest BCUT2D eigenvalue weighted by molar-refractivity contribution is -0.118. The molecule has 2 aliphatic rings. The van der Waals surface area contributed by atoms with Crippen molar-refractivity contribution < 1.29 is 22.9 Å². The van der Waals surface area contributed by atoms with Gasteiger partial charge in [0.2, 0.25) is 11.8 Å². The molecule has 1 fully saturated rings. The van der Waals surface area contributed by atoms with E-state index in [0.29, 0.717) is 36.1 Å². The molecule has 0 radical (unpaired) electrons. The Morgan fingerprint density at radius 3 is 2.81 bits per heavy atom. The zero-order valence-corrected chi connectivity index (χ0v) is 19.5. The second kappa shape index (κ2) is 11.5. The van der Waals surface area contributed by atoms with Crippen molar-refractivity contribution in [3.05, 3.63) is 41.0 Å². The predicted molar refractivity (Wildman–Crippen MR) is 119 cm³/mol. The Morgan fingerprint density at radius 1 is 1.32 bits per heavy atom. The molecule has 3 rings (SSSR count). The summed E-state index contributed by atoms with van der Waals surface area (Å²) >= 11 is 0. The predicted octanol–water partition coefficient (Wildman–Crippen LogP) is 2.38. The average molecular weight is 452 g/mol. The Balaban J connectivity index is 1.45. The van der Waals surface area contributed by atoms with Crippen LogP contribution in [0.1, 0.15) is 48.9 Å². The molecule has 31 heavy (non-hydrogen) atoms. The third-order valence-corrected chi connectivity index (χ3v) is 6.79. The molecular weight excluding hydrogens is 418 g/mol. The van der Waals surface area contributed by atoms with Gasteiger partial charge in [-0.25, -0.2) is 4.98 Å². The van der Waals surface area contributed by atoms with Crippen molar-refractivity contribution >= 4 is 16.7 Å². The molecule has 2 atom stereocenters. The summed E-state index contributed by atoms with van der Waals surface area (Å²) in [5.41, 5.74) is 0.629. The van der Waals surface area contributed by atoms with Crippen LogP contribution in [0, 0.1) is 6.92 Å². The zero-order valence-electron chi connectivity index (χ0n) is 18.6. The normalized spacial score (nSPS) is 20.2. The fraction of sp³-hybridized carbons (Fsp3) is 0.636. The standard InChI is InChI=1S/C22H33N3O5S/c1-16-18(24-22(30-16)17-7-8-19(28-2)20(13-17)29-3)14-31(27)15-21(26)23-9-6-12-25-10-4-5-11-25/h7-8,17H,4-6,9-15H2,1-3H3,(H,23,26). The number of hydrogen-bond donors (Lipinski definition) is 1. The van der Waals surface area contributed by atoms with Gasteiger partial charge in [0.15, 0.2) is 5.76 Å². The van der Waals surface area contributed by atoms with Crippen LogP contribution in [-0.4, -0.2) is 66.2 Å². The number of nitrogens with zero attached hydrogens (tertiary/aromatic N) is 2. The van der Waals surface area contributed by atoms with Crippen LogP contribution >= 0.6 is 0 Å². The van der Waals surface area contributed by atoms with Crippen molar-refractivity contribution in [3.8, 4) is 0 Å². The first-order valence-corrected chi connectivity index (χ1v) is 12.3. The summed E-state index contributed by atoms with van der Waals surface area (Å²) in [4.78, 5) is 19.1. The van der Waals surface area contributed by atoms with E-state index in [-0.39, 0.29) is 23.3 Å². The van der Waals surface area contributed by atoms with Crippen molar-refractivity contribution in [1.82, 2.24) is 15.2 Å². The number of allylic oxidation sites excluding steroid dienone is 3. The molecule has 0 bridgehead atoms. The van der Waals surface area contributed by atoms with Crippen LogP contribution in [-0.2, 0) is 30.8 Å². The SMILES string of the molecule is COC1=C(OC)CC(c2nc(CS(=O)CC(=O)NCCCN3CCCC3)c(C)o2)C=C1. The molecule has 0 saturated carbocycles. The second-order valence-corrected chi connectivity index (χ2v) is 9.36. The molecule has 172 valence electrons. The lowest BCUT2D eigenvalue weighted by Gasteiger charge is -2.18. The van der Waals surface area contributed by atoms with Gasteiger partial charge in [0.25, 0.3) is 0 Å². The topological polar surface area (TPSA) is 93.9 Å². The van der Waals surface area contributed by atoms with Crippen LogP contribution in [0.3, 0.4) is 0 Å². The van der Waals surface area contributed by atoms with E-state index in [1.165, 1.54) is 12.8 Å². The van der Waals surface area contributed by atoms with Gasteiger partial charge in [0.05, 0.1) is 31.6 Å². The summed E-state index contributed by atoms with van der Waals surface area (Å²) < 4.78 is 29.0. The molecular formula is C22H33N3O5S. The van der Waals surface area contributed by atoms with Gasteiger partial charge in [-0.3, -0.25) is 9.00 Å². The van der Waals surface area contributed by atoms with E-state index < -0.39 is 10.8 Å². The molecule has 1 aliphatic heterocycles. The molecule has 1 aromatic rings.